The zero-order valence-electron chi connectivity index (χ0n) is 6.68. The smallest absolute Gasteiger partial charge is 0.313 e. The normalized spacial score (nSPS) is 8.62. The Hall–Kier alpha value is -0.570. The Labute approximate surface area is 83.1 Å². The first kappa shape index (κ1) is 22.9. The van der Waals surface area contributed by atoms with Gasteiger partial charge in [0.1, 0.15) is 0 Å². The van der Waals surface area contributed by atoms with Gasteiger partial charge < -0.3 is 9.84 Å². The SMILES string of the molecule is C.C.C.CCC(C)(C)C(=O)OCO. The molecule has 0 bridgehead atoms. The number of carbonyl (C=O) groups is 1. The maximum Gasteiger partial charge on any atom is 0.313 e. The van der Waals surface area contributed by atoms with Gasteiger partial charge in [0.05, 0.1) is 5.41 Å². The molecule has 0 atom stereocenters. The van der Waals surface area contributed by atoms with Crippen molar-refractivity contribution < 1.29 is 14.6 Å². The van der Waals surface area contributed by atoms with Crippen molar-refractivity contribution in [2.75, 3.05) is 6.79 Å². The second-order valence-corrected chi connectivity index (χ2v) is 2.80. The third kappa shape index (κ3) is 7.78. The number of hydrogen-bond donors (Lipinski definition) is 1. The molecule has 13 heavy (non-hydrogen) atoms. The van der Waals surface area contributed by atoms with Gasteiger partial charge in [-0.2, -0.15) is 0 Å². The topological polar surface area (TPSA) is 46.5 Å². The van der Waals surface area contributed by atoms with E-state index in [9.17, 15) is 4.79 Å². The number of carbonyl (C=O) groups excluding carboxylic acids is 1. The molecule has 1 N–H and O–H groups in total. The van der Waals surface area contributed by atoms with Gasteiger partial charge in [-0.1, -0.05) is 29.2 Å². The largest absolute Gasteiger partial charge is 0.438 e. The lowest BCUT2D eigenvalue weighted by atomic mass is 9.91. The van der Waals surface area contributed by atoms with E-state index in [1.807, 2.05) is 6.92 Å². The number of ether oxygens (including phenoxy) is 1. The monoisotopic (exact) mass is 194 g/mol. The van der Waals surface area contributed by atoms with Gasteiger partial charge in [0, 0.05) is 0 Å². The van der Waals surface area contributed by atoms with E-state index in [0.29, 0.717) is 6.42 Å². The summed E-state index contributed by atoms with van der Waals surface area (Å²) in [5, 5.41) is 8.25. The Balaban J connectivity index is -0.000000135. The van der Waals surface area contributed by atoms with Crippen LogP contribution in [-0.4, -0.2) is 17.9 Å². The molecular formula is C10H26O3. The molecule has 0 aliphatic rings. The average Bonchev–Trinajstić information content (AvgIpc) is 1.89. The summed E-state index contributed by atoms with van der Waals surface area (Å²) in [6, 6.07) is 0. The van der Waals surface area contributed by atoms with Crippen LogP contribution >= 0.6 is 0 Å². The molecule has 0 radical (unpaired) electrons. The highest BCUT2D eigenvalue weighted by Crippen LogP contribution is 2.20. The van der Waals surface area contributed by atoms with E-state index in [2.05, 4.69) is 4.74 Å². The van der Waals surface area contributed by atoms with Gasteiger partial charge in [-0.25, -0.2) is 0 Å². The molecule has 3 nitrogen and oxygen atoms in total. The maximum absolute atomic E-state index is 10.9. The Morgan fingerprint density at radius 1 is 1.31 bits per heavy atom. The molecule has 0 aliphatic heterocycles. The number of hydrogen-bond acceptors (Lipinski definition) is 3. The van der Waals surface area contributed by atoms with Crippen molar-refractivity contribution in [3.05, 3.63) is 0 Å². The van der Waals surface area contributed by atoms with Crippen LogP contribution in [0.1, 0.15) is 49.5 Å². The molecule has 0 aromatic rings. The fraction of sp³-hybridized carbons (Fsp3) is 0.900. The Morgan fingerprint density at radius 3 is 1.92 bits per heavy atom. The lowest BCUT2D eigenvalue weighted by molar-refractivity contribution is -0.162. The Kier molecular flexibility index (Phi) is 16.7. The molecule has 0 aromatic heterocycles. The Morgan fingerprint density at radius 2 is 1.69 bits per heavy atom. The maximum atomic E-state index is 10.9. The number of rotatable bonds is 3. The summed E-state index contributed by atoms with van der Waals surface area (Å²) in [5.74, 6) is -0.350. The van der Waals surface area contributed by atoms with Crippen LogP contribution in [0.3, 0.4) is 0 Å². The molecule has 0 unspecified atom stereocenters. The van der Waals surface area contributed by atoms with Crippen molar-refractivity contribution in [2.45, 2.75) is 49.5 Å². The van der Waals surface area contributed by atoms with Crippen molar-refractivity contribution in [2.24, 2.45) is 5.41 Å². The van der Waals surface area contributed by atoms with Crippen molar-refractivity contribution >= 4 is 5.97 Å². The van der Waals surface area contributed by atoms with Crippen molar-refractivity contribution in [3.63, 3.8) is 0 Å². The molecule has 0 aliphatic carbocycles. The third-order valence-corrected chi connectivity index (χ3v) is 1.63. The molecule has 0 aromatic carbocycles. The van der Waals surface area contributed by atoms with Crippen LogP contribution in [0.25, 0.3) is 0 Å². The van der Waals surface area contributed by atoms with Gasteiger partial charge >= 0.3 is 5.97 Å². The Bertz CT molecular complexity index is 119. The van der Waals surface area contributed by atoms with E-state index in [1.54, 1.807) is 13.8 Å². The predicted octanol–water partition coefficient (Wildman–Crippen LogP) is 2.82. The van der Waals surface area contributed by atoms with Crippen LogP contribution < -0.4 is 0 Å². The molecular weight excluding hydrogens is 168 g/mol. The third-order valence-electron chi connectivity index (χ3n) is 1.63. The first-order valence-corrected chi connectivity index (χ1v) is 3.32. The summed E-state index contributed by atoms with van der Waals surface area (Å²) in [6.07, 6.45) is 0.714. The van der Waals surface area contributed by atoms with E-state index in [0.717, 1.165) is 0 Å². The van der Waals surface area contributed by atoms with Gasteiger partial charge in [0.2, 0.25) is 0 Å². The molecule has 0 saturated heterocycles. The van der Waals surface area contributed by atoms with E-state index in [-0.39, 0.29) is 28.2 Å². The number of aliphatic hydroxyl groups is 1. The molecule has 0 saturated carbocycles. The van der Waals surface area contributed by atoms with Gasteiger partial charge in [-0.3, -0.25) is 4.79 Å². The van der Waals surface area contributed by atoms with E-state index < -0.39 is 12.2 Å². The van der Waals surface area contributed by atoms with Crippen molar-refractivity contribution in [1.29, 1.82) is 0 Å². The summed E-state index contributed by atoms with van der Waals surface area (Å²) < 4.78 is 4.41. The summed E-state index contributed by atoms with van der Waals surface area (Å²) in [7, 11) is 0. The fourth-order valence-electron chi connectivity index (χ4n) is 0.398. The molecule has 0 amide bonds. The van der Waals surface area contributed by atoms with E-state index >= 15 is 0 Å². The summed E-state index contributed by atoms with van der Waals surface area (Å²) >= 11 is 0. The highest BCUT2D eigenvalue weighted by molar-refractivity contribution is 5.75. The van der Waals surface area contributed by atoms with E-state index in [1.165, 1.54) is 0 Å². The second kappa shape index (κ2) is 9.52. The highest BCUT2D eigenvalue weighted by atomic mass is 16.6. The molecule has 0 rings (SSSR count). The van der Waals surface area contributed by atoms with Gasteiger partial charge in [0.25, 0.3) is 0 Å². The fourth-order valence-corrected chi connectivity index (χ4v) is 0.398. The van der Waals surface area contributed by atoms with Crippen molar-refractivity contribution in [3.8, 4) is 0 Å². The molecule has 84 valence electrons. The van der Waals surface area contributed by atoms with Crippen LogP contribution in [0, 0.1) is 5.41 Å². The van der Waals surface area contributed by atoms with Gasteiger partial charge in [-0.05, 0) is 20.3 Å². The van der Waals surface area contributed by atoms with Crippen LogP contribution in [0.15, 0.2) is 0 Å². The standard InChI is InChI=1S/C7H14O3.3CH4/c1-4-7(2,3)6(9)10-5-8;;;/h8H,4-5H2,1-3H3;3*1H4. The molecule has 0 fully saturated rings. The predicted molar refractivity (Wildman–Crippen MR) is 57.4 cm³/mol. The second-order valence-electron chi connectivity index (χ2n) is 2.80. The molecule has 0 spiro atoms. The minimum absolute atomic E-state index is 0. The van der Waals surface area contributed by atoms with Gasteiger partial charge in [0.15, 0.2) is 6.79 Å². The van der Waals surface area contributed by atoms with Gasteiger partial charge in [-0.15, -0.1) is 0 Å². The number of aliphatic hydroxyl groups excluding tert-OH is 1. The lowest BCUT2D eigenvalue weighted by Crippen LogP contribution is -2.25. The van der Waals surface area contributed by atoms with Crippen LogP contribution in [0.5, 0.6) is 0 Å². The lowest BCUT2D eigenvalue weighted by Gasteiger charge is -2.18. The number of esters is 1. The minimum Gasteiger partial charge on any atom is -0.438 e. The van der Waals surface area contributed by atoms with E-state index in [4.69, 9.17) is 5.11 Å². The van der Waals surface area contributed by atoms with Crippen LogP contribution in [0.4, 0.5) is 0 Å². The zero-order chi connectivity index (χ0) is 8.20. The summed E-state index contributed by atoms with van der Waals surface area (Å²) in [4.78, 5) is 10.9. The summed E-state index contributed by atoms with van der Waals surface area (Å²) in [6.45, 7) is 4.94. The molecule has 0 heterocycles. The van der Waals surface area contributed by atoms with Crippen LogP contribution in [0.2, 0.25) is 0 Å². The highest BCUT2D eigenvalue weighted by Gasteiger charge is 2.26. The van der Waals surface area contributed by atoms with Crippen LogP contribution in [-0.2, 0) is 9.53 Å². The molecule has 3 heteroatoms. The minimum atomic E-state index is -0.526. The summed E-state index contributed by atoms with van der Waals surface area (Å²) in [5.41, 5.74) is -0.470. The zero-order valence-corrected chi connectivity index (χ0v) is 6.68. The quantitative estimate of drug-likeness (QED) is 0.555. The average molecular weight is 194 g/mol. The first-order valence-electron chi connectivity index (χ1n) is 3.32. The van der Waals surface area contributed by atoms with Crippen molar-refractivity contribution in [1.82, 2.24) is 0 Å². The first-order chi connectivity index (χ1) is 4.54.